The summed E-state index contributed by atoms with van der Waals surface area (Å²) in [7, 11) is -3.94. The molecule has 0 radical (unpaired) electrons. The average Bonchev–Trinajstić information content (AvgIpc) is 3.48. The first-order valence-corrected chi connectivity index (χ1v) is 15.0. The maximum Gasteiger partial charge on any atom is 0.408 e. The van der Waals surface area contributed by atoms with Gasteiger partial charge >= 0.3 is 6.09 Å². The Morgan fingerprint density at radius 2 is 1.98 bits per heavy atom. The number of carbonyl (C=O) groups is 1. The minimum Gasteiger partial charge on any atom is -0.493 e. The normalized spacial score (nSPS) is 20.6. The van der Waals surface area contributed by atoms with Crippen molar-refractivity contribution in [3.63, 3.8) is 0 Å². The van der Waals surface area contributed by atoms with Gasteiger partial charge in [0.15, 0.2) is 0 Å². The van der Waals surface area contributed by atoms with Crippen LogP contribution in [0.15, 0.2) is 78.0 Å². The molecule has 1 amide bonds. The van der Waals surface area contributed by atoms with Crippen molar-refractivity contribution >= 4 is 16.1 Å². The van der Waals surface area contributed by atoms with Crippen molar-refractivity contribution in [1.82, 2.24) is 14.6 Å². The molecule has 212 valence electrons. The predicted octanol–water partition coefficient (Wildman–Crippen LogP) is 3.88. The fourth-order valence-electron chi connectivity index (χ4n) is 5.33. The zero-order chi connectivity index (χ0) is 28.3. The summed E-state index contributed by atoms with van der Waals surface area (Å²) >= 11 is 0. The maximum absolute atomic E-state index is 13.8. The number of carbonyl (C=O) groups excluding carboxylic acids is 1. The Hall–Kier alpha value is -3.47. The van der Waals surface area contributed by atoms with Gasteiger partial charge in [-0.1, -0.05) is 50.2 Å². The molecular formula is C30H35N3O6S. The number of pyridine rings is 1. The minimum absolute atomic E-state index is 0.0113. The number of aliphatic hydroxyl groups excluding tert-OH is 1. The van der Waals surface area contributed by atoms with Crippen LogP contribution >= 0.6 is 0 Å². The largest absolute Gasteiger partial charge is 0.493 e. The van der Waals surface area contributed by atoms with Crippen molar-refractivity contribution in [2.24, 2.45) is 5.92 Å². The summed E-state index contributed by atoms with van der Waals surface area (Å²) in [6, 6.07) is 18.0. The molecule has 2 aliphatic rings. The minimum atomic E-state index is -3.94. The number of fused-ring (bicyclic) bond motifs is 1. The van der Waals surface area contributed by atoms with Gasteiger partial charge in [-0.2, -0.15) is 4.31 Å². The molecule has 1 aliphatic carbocycles. The van der Waals surface area contributed by atoms with Crippen molar-refractivity contribution in [3.8, 4) is 5.75 Å². The zero-order valence-electron chi connectivity index (χ0n) is 22.7. The summed E-state index contributed by atoms with van der Waals surface area (Å²) in [4.78, 5) is 17.1. The van der Waals surface area contributed by atoms with Crippen molar-refractivity contribution in [1.29, 1.82) is 0 Å². The second-order valence-corrected chi connectivity index (χ2v) is 12.8. The standard InChI is InChI=1S/C30H35N3O6S/c1-21(2)18-33(40(36,37)25-10-11-27-24(15-25)12-14-38-27)19-28(34)30(16-26(30)23-8-4-3-5-9-23)32-29(35)39-20-22-7-6-13-31-17-22/h3-11,13,15,17,21,26,28,34H,12,14,16,18-20H2,1-2H3,(H,32,35)/t26?,28-,30?/m1/s1. The highest BCUT2D eigenvalue weighted by molar-refractivity contribution is 7.89. The molecule has 3 atom stereocenters. The van der Waals surface area contributed by atoms with Crippen molar-refractivity contribution < 1.29 is 27.8 Å². The summed E-state index contributed by atoms with van der Waals surface area (Å²) < 4.78 is 40.0. The van der Waals surface area contributed by atoms with E-state index >= 15 is 0 Å². The van der Waals surface area contributed by atoms with Crippen LogP contribution < -0.4 is 10.1 Å². The van der Waals surface area contributed by atoms with Gasteiger partial charge in [0.2, 0.25) is 10.0 Å². The van der Waals surface area contributed by atoms with E-state index in [0.29, 0.717) is 25.2 Å². The SMILES string of the molecule is CC(C)CN(C[C@@H](O)C1(NC(=O)OCc2cccnc2)CC1c1ccccc1)S(=O)(=O)c1ccc2c(c1)CCO2. The van der Waals surface area contributed by atoms with Gasteiger partial charge in [-0.15, -0.1) is 0 Å². The summed E-state index contributed by atoms with van der Waals surface area (Å²) in [5.74, 6) is 0.513. The number of ether oxygens (including phenoxy) is 2. The Morgan fingerprint density at radius 1 is 1.18 bits per heavy atom. The Labute approximate surface area is 235 Å². The van der Waals surface area contributed by atoms with E-state index < -0.39 is 27.8 Å². The summed E-state index contributed by atoms with van der Waals surface area (Å²) in [5.41, 5.74) is 1.46. The van der Waals surface area contributed by atoms with Crippen LogP contribution in [0.1, 0.15) is 42.9 Å². The molecule has 2 unspecified atom stereocenters. The van der Waals surface area contributed by atoms with Crippen LogP contribution in [-0.2, 0) is 27.8 Å². The van der Waals surface area contributed by atoms with Gasteiger partial charge in [-0.3, -0.25) is 4.98 Å². The number of nitrogens with zero attached hydrogens (tertiary/aromatic N) is 2. The number of alkyl carbamates (subject to hydrolysis) is 1. The number of rotatable bonds is 11. The van der Waals surface area contributed by atoms with Crippen molar-refractivity contribution in [2.75, 3.05) is 19.7 Å². The second kappa shape index (κ2) is 11.6. The molecule has 10 heteroatoms. The maximum atomic E-state index is 13.8. The molecule has 9 nitrogen and oxygen atoms in total. The van der Waals surface area contributed by atoms with Crippen LogP contribution in [-0.4, -0.2) is 60.2 Å². The predicted molar refractivity (Wildman–Crippen MR) is 149 cm³/mol. The van der Waals surface area contributed by atoms with E-state index in [4.69, 9.17) is 9.47 Å². The highest BCUT2D eigenvalue weighted by Gasteiger charge is 2.61. The first-order chi connectivity index (χ1) is 19.2. The molecule has 1 aromatic heterocycles. The third kappa shape index (κ3) is 5.99. The molecule has 0 spiro atoms. The molecule has 2 aromatic carbocycles. The first kappa shape index (κ1) is 28.1. The second-order valence-electron chi connectivity index (χ2n) is 10.9. The molecule has 2 N–H and O–H groups in total. The molecule has 2 heterocycles. The van der Waals surface area contributed by atoms with Crippen molar-refractivity contribution in [2.45, 2.75) is 55.8 Å². The lowest BCUT2D eigenvalue weighted by atomic mass is 10.0. The molecule has 40 heavy (non-hydrogen) atoms. The Kier molecular flexibility index (Phi) is 8.11. The third-order valence-electron chi connectivity index (χ3n) is 7.47. The van der Waals surface area contributed by atoms with Crippen LogP contribution in [0.2, 0.25) is 0 Å². The van der Waals surface area contributed by atoms with E-state index in [9.17, 15) is 18.3 Å². The topological polar surface area (TPSA) is 118 Å². The molecule has 1 fully saturated rings. The lowest BCUT2D eigenvalue weighted by molar-refractivity contribution is 0.0763. The van der Waals surface area contributed by atoms with Crippen LogP contribution in [0.3, 0.4) is 0 Å². The fraction of sp³-hybridized carbons (Fsp3) is 0.400. The van der Waals surface area contributed by atoms with Gasteiger partial charge in [0.25, 0.3) is 0 Å². The lowest BCUT2D eigenvalue weighted by Crippen LogP contribution is -2.53. The molecule has 3 aromatic rings. The van der Waals surface area contributed by atoms with E-state index in [-0.39, 0.29) is 36.4 Å². The van der Waals surface area contributed by atoms with Gasteiger partial charge in [0.05, 0.1) is 23.1 Å². The lowest BCUT2D eigenvalue weighted by Gasteiger charge is -2.31. The summed E-state index contributed by atoms with van der Waals surface area (Å²) in [6.07, 6.45) is 2.48. The van der Waals surface area contributed by atoms with Gasteiger partial charge in [-0.05, 0) is 47.7 Å². The van der Waals surface area contributed by atoms with E-state index in [2.05, 4.69) is 10.3 Å². The van der Waals surface area contributed by atoms with Crippen LogP contribution in [0.4, 0.5) is 4.79 Å². The molecule has 5 rings (SSSR count). The zero-order valence-corrected chi connectivity index (χ0v) is 23.5. The number of sulfonamides is 1. The monoisotopic (exact) mass is 565 g/mol. The van der Waals surface area contributed by atoms with Gasteiger partial charge in [0.1, 0.15) is 12.4 Å². The molecule has 0 saturated heterocycles. The first-order valence-electron chi connectivity index (χ1n) is 13.5. The van der Waals surface area contributed by atoms with E-state index in [1.54, 1.807) is 42.7 Å². The smallest absolute Gasteiger partial charge is 0.408 e. The Balaban J connectivity index is 1.38. The number of benzene rings is 2. The average molecular weight is 566 g/mol. The van der Waals surface area contributed by atoms with Crippen molar-refractivity contribution in [3.05, 3.63) is 89.7 Å². The quantitative estimate of drug-likeness (QED) is 0.362. The number of aromatic nitrogens is 1. The highest BCUT2D eigenvalue weighted by Crippen LogP contribution is 2.54. The molecular weight excluding hydrogens is 530 g/mol. The summed E-state index contributed by atoms with van der Waals surface area (Å²) in [5, 5.41) is 14.5. The number of hydrogen-bond donors (Lipinski definition) is 2. The molecule has 1 aliphatic heterocycles. The Bertz CT molecular complexity index is 1430. The van der Waals surface area contributed by atoms with Crippen LogP contribution in [0.5, 0.6) is 5.75 Å². The van der Waals surface area contributed by atoms with Gasteiger partial charge in [0, 0.05) is 43.4 Å². The van der Waals surface area contributed by atoms with Crippen LogP contribution in [0, 0.1) is 5.92 Å². The number of aliphatic hydroxyl groups is 1. The molecule has 1 saturated carbocycles. The number of hydrogen-bond acceptors (Lipinski definition) is 7. The van der Waals surface area contributed by atoms with Gasteiger partial charge < -0.3 is 19.9 Å². The van der Waals surface area contributed by atoms with E-state index in [1.807, 2.05) is 44.2 Å². The Morgan fingerprint density at radius 3 is 2.70 bits per heavy atom. The van der Waals surface area contributed by atoms with E-state index in [1.165, 1.54) is 4.31 Å². The summed E-state index contributed by atoms with van der Waals surface area (Å²) in [6.45, 7) is 4.44. The van der Waals surface area contributed by atoms with Crippen LogP contribution in [0.25, 0.3) is 0 Å². The number of amides is 1. The highest BCUT2D eigenvalue weighted by atomic mass is 32.2. The third-order valence-corrected chi connectivity index (χ3v) is 9.30. The van der Waals surface area contributed by atoms with Gasteiger partial charge in [-0.25, -0.2) is 13.2 Å². The van der Waals surface area contributed by atoms with E-state index in [0.717, 1.165) is 16.7 Å². The molecule has 0 bridgehead atoms. The number of nitrogens with one attached hydrogen (secondary N) is 1. The fourth-order valence-corrected chi connectivity index (χ4v) is 7.00.